The number of halogens is 3. The molecule has 172 valence electrons. The number of anilines is 2. The molecular weight excluding hydrogens is 427 g/mol. The molecule has 0 aromatic heterocycles. The maximum absolute atomic E-state index is 13.0. The van der Waals surface area contributed by atoms with Crippen molar-refractivity contribution in [2.24, 2.45) is 5.92 Å². The SMILES string of the molecule is CC(C)CC(C(=O)O)c1cc(-c2ccc(C(F)(F)F)cc2)cc(N2CCc3ccccc32)c1. The van der Waals surface area contributed by atoms with Crippen LogP contribution in [0.1, 0.15) is 42.9 Å². The molecule has 1 aliphatic heterocycles. The molecule has 3 aromatic carbocycles. The predicted octanol–water partition coefficient (Wildman–Crippen LogP) is 7.28. The summed E-state index contributed by atoms with van der Waals surface area (Å²) in [7, 11) is 0. The van der Waals surface area contributed by atoms with Crippen LogP contribution in [0.4, 0.5) is 24.5 Å². The van der Waals surface area contributed by atoms with Crippen LogP contribution < -0.4 is 4.90 Å². The van der Waals surface area contributed by atoms with E-state index >= 15 is 0 Å². The van der Waals surface area contributed by atoms with E-state index in [1.165, 1.54) is 17.7 Å². The van der Waals surface area contributed by atoms with Crippen molar-refractivity contribution in [3.8, 4) is 11.1 Å². The number of hydrogen-bond acceptors (Lipinski definition) is 2. The van der Waals surface area contributed by atoms with Gasteiger partial charge in [-0.1, -0.05) is 50.2 Å². The fraction of sp³-hybridized carbons (Fsp3) is 0.296. The number of carbonyl (C=O) groups is 1. The lowest BCUT2D eigenvalue weighted by Crippen LogP contribution is -2.17. The molecule has 0 aliphatic carbocycles. The lowest BCUT2D eigenvalue weighted by molar-refractivity contribution is -0.139. The van der Waals surface area contributed by atoms with Crippen LogP contribution in [0.5, 0.6) is 0 Å². The highest BCUT2D eigenvalue weighted by Gasteiger charge is 2.30. The van der Waals surface area contributed by atoms with Crippen molar-refractivity contribution in [3.63, 3.8) is 0 Å². The van der Waals surface area contributed by atoms with Gasteiger partial charge in [-0.3, -0.25) is 4.79 Å². The Morgan fingerprint density at radius 1 is 1.00 bits per heavy atom. The Balaban J connectivity index is 1.83. The van der Waals surface area contributed by atoms with Gasteiger partial charge in [0.15, 0.2) is 0 Å². The molecule has 0 spiro atoms. The van der Waals surface area contributed by atoms with Crippen LogP contribution in [0.2, 0.25) is 0 Å². The molecular formula is C27H26F3NO2. The van der Waals surface area contributed by atoms with Gasteiger partial charge in [-0.05, 0) is 71.3 Å². The third-order valence-electron chi connectivity index (χ3n) is 6.09. The maximum atomic E-state index is 13.0. The molecule has 1 N–H and O–H groups in total. The molecule has 0 saturated heterocycles. The molecule has 0 saturated carbocycles. The topological polar surface area (TPSA) is 40.5 Å². The normalized spacial score (nSPS) is 14.4. The van der Waals surface area contributed by atoms with E-state index in [4.69, 9.17) is 0 Å². The first kappa shape index (κ1) is 22.9. The number of rotatable bonds is 6. The van der Waals surface area contributed by atoms with Crippen LogP contribution in [0.25, 0.3) is 11.1 Å². The zero-order valence-corrected chi connectivity index (χ0v) is 18.6. The predicted molar refractivity (Wildman–Crippen MR) is 124 cm³/mol. The van der Waals surface area contributed by atoms with Crippen LogP contribution in [-0.4, -0.2) is 17.6 Å². The Morgan fingerprint density at radius 3 is 2.33 bits per heavy atom. The smallest absolute Gasteiger partial charge is 0.416 e. The molecule has 6 heteroatoms. The Morgan fingerprint density at radius 2 is 1.70 bits per heavy atom. The summed E-state index contributed by atoms with van der Waals surface area (Å²) in [5.74, 6) is -1.42. The van der Waals surface area contributed by atoms with Gasteiger partial charge < -0.3 is 10.0 Å². The average Bonchev–Trinajstić information content (AvgIpc) is 3.20. The molecule has 0 radical (unpaired) electrons. The first-order valence-electron chi connectivity index (χ1n) is 11.0. The fourth-order valence-corrected chi connectivity index (χ4v) is 4.47. The minimum atomic E-state index is -4.41. The van der Waals surface area contributed by atoms with Crippen LogP contribution in [0.3, 0.4) is 0 Å². The lowest BCUT2D eigenvalue weighted by Gasteiger charge is -2.24. The molecule has 1 unspecified atom stereocenters. The molecule has 1 aliphatic rings. The van der Waals surface area contributed by atoms with E-state index in [2.05, 4.69) is 11.0 Å². The molecule has 33 heavy (non-hydrogen) atoms. The second kappa shape index (κ2) is 8.93. The van der Waals surface area contributed by atoms with E-state index in [0.717, 1.165) is 36.5 Å². The van der Waals surface area contributed by atoms with Gasteiger partial charge in [-0.25, -0.2) is 0 Å². The molecule has 0 bridgehead atoms. The van der Waals surface area contributed by atoms with E-state index < -0.39 is 23.6 Å². The summed E-state index contributed by atoms with van der Waals surface area (Å²) >= 11 is 0. The molecule has 1 heterocycles. The number of benzene rings is 3. The minimum Gasteiger partial charge on any atom is -0.481 e. The van der Waals surface area contributed by atoms with Gasteiger partial charge in [0.05, 0.1) is 11.5 Å². The molecule has 4 rings (SSSR count). The number of aliphatic carboxylic acids is 1. The van der Waals surface area contributed by atoms with E-state index in [-0.39, 0.29) is 5.92 Å². The van der Waals surface area contributed by atoms with Crippen molar-refractivity contribution in [1.29, 1.82) is 0 Å². The van der Waals surface area contributed by atoms with Gasteiger partial charge in [-0.15, -0.1) is 0 Å². The summed E-state index contributed by atoms with van der Waals surface area (Å²) in [6, 6.07) is 18.8. The summed E-state index contributed by atoms with van der Waals surface area (Å²) in [5, 5.41) is 9.94. The van der Waals surface area contributed by atoms with E-state index in [1.54, 1.807) is 6.07 Å². The van der Waals surface area contributed by atoms with E-state index in [1.807, 2.05) is 44.2 Å². The third kappa shape index (κ3) is 4.90. The summed E-state index contributed by atoms with van der Waals surface area (Å²) < 4.78 is 39.1. The second-order valence-corrected chi connectivity index (χ2v) is 8.94. The summed E-state index contributed by atoms with van der Waals surface area (Å²) in [5.41, 5.74) is 4.41. The first-order chi connectivity index (χ1) is 15.6. The monoisotopic (exact) mass is 453 g/mol. The van der Waals surface area contributed by atoms with Crippen LogP contribution >= 0.6 is 0 Å². The molecule has 1 atom stereocenters. The van der Waals surface area contributed by atoms with Crippen molar-refractivity contribution in [2.75, 3.05) is 11.4 Å². The zero-order valence-electron chi connectivity index (χ0n) is 18.6. The van der Waals surface area contributed by atoms with E-state index in [9.17, 15) is 23.1 Å². The van der Waals surface area contributed by atoms with Crippen molar-refractivity contribution < 1.29 is 23.1 Å². The van der Waals surface area contributed by atoms with Crippen LogP contribution in [0, 0.1) is 5.92 Å². The van der Waals surface area contributed by atoms with Gasteiger partial charge in [-0.2, -0.15) is 13.2 Å². The number of hydrogen-bond donors (Lipinski definition) is 1. The largest absolute Gasteiger partial charge is 0.481 e. The minimum absolute atomic E-state index is 0.178. The van der Waals surface area contributed by atoms with Crippen molar-refractivity contribution in [1.82, 2.24) is 0 Å². The quantitative estimate of drug-likeness (QED) is 0.426. The van der Waals surface area contributed by atoms with Gasteiger partial charge in [0.25, 0.3) is 0 Å². The number of fused-ring (bicyclic) bond motifs is 1. The summed E-state index contributed by atoms with van der Waals surface area (Å²) in [6.07, 6.45) is -3.05. The number of alkyl halides is 3. The maximum Gasteiger partial charge on any atom is 0.416 e. The first-order valence-corrected chi connectivity index (χ1v) is 11.0. The number of para-hydroxylation sites is 1. The number of nitrogens with zero attached hydrogens (tertiary/aromatic N) is 1. The van der Waals surface area contributed by atoms with Crippen molar-refractivity contribution in [2.45, 2.75) is 38.8 Å². The summed E-state index contributed by atoms with van der Waals surface area (Å²) in [4.78, 5) is 14.3. The Bertz CT molecular complexity index is 1150. The van der Waals surface area contributed by atoms with Gasteiger partial charge >= 0.3 is 12.1 Å². The molecule has 0 amide bonds. The van der Waals surface area contributed by atoms with Gasteiger partial charge in [0.2, 0.25) is 0 Å². The molecule has 0 fully saturated rings. The van der Waals surface area contributed by atoms with E-state index in [0.29, 0.717) is 23.1 Å². The van der Waals surface area contributed by atoms with Crippen molar-refractivity contribution >= 4 is 17.3 Å². The average molecular weight is 454 g/mol. The van der Waals surface area contributed by atoms with Crippen LogP contribution in [0.15, 0.2) is 66.7 Å². The number of carboxylic acid groups (broad SMARTS) is 1. The third-order valence-corrected chi connectivity index (χ3v) is 6.09. The highest BCUT2D eigenvalue weighted by atomic mass is 19.4. The number of carboxylic acids is 1. The molecule has 3 aromatic rings. The Labute approximate surface area is 191 Å². The lowest BCUT2D eigenvalue weighted by atomic mass is 9.88. The van der Waals surface area contributed by atoms with Crippen molar-refractivity contribution in [3.05, 3.63) is 83.4 Å². The Hall–Kier alpha value is -3.28. The Kier molecular flexibility index (Phi) is 6.19. The highest BCUT2D eigenvalue weighted by Crippen LogP contribution is 2.39. The second-order valence-electron chi connectivity index (χ2n) is 8.94. The fourth-order valence-electron chi connectivity index (χ4n) is 4.47. The van der Waals surface area contributed by atoms with Gasteiger partial charge in [0, 0.05) is 17.9 Å². The van der Waals surface area contributed by atoms with Gasteiger partial charge in [0.1, 0.15) is 0 Å². The zero-order chi connectivity index (χ0) is 23.8. The van der Waals surface area contributed by atoms with Crippen LogP contribution in [-0.2, 0) is 17.4 Å². The molecule has 3 nitrogen and oxygen atoms in total. The highest BCUT2D eigenvalue weighted by molar-refractivity contribution is 5.81. The standard InChI is InChI=1S/C27H26F3NO2/c1-17(2)13-24(26(32)33)21-14-20(18-7-9-22(10-8-18)27(28,29)30)15-23(16-21)31-12-11-19-5-3-4-6-25(19)31/h3-10,14-17,24H,11-13H2,1-2H3,(H,32,33). The summed E-state index contributed by atoms with van der Waals surface area (Å²) in [6.45, 7) is 4.72.